The molecule has 22 heavy (non-hydrogen) atoms. The SMILES string of the molecule is CC(C(=O)Nc1ccc(O)cc1F)c1cc2ccccc2o1. The number of anilines is 1. The summed E-state index contributed by atoms with van der Waals surface area (Å²) in [5.74, 6) is -1.33. The summed E-state index contributed by atoms with van der Waals surface area (Å²) in [6.07, 6.45) is 0. The lowest BCUT2D eigenvalue weighted by molar-refractivity contribution is -0.117. The van der Waals surface area contributed by atoms with Gasteiger partial charge in [0.15, 0.2) is 0 Å². The molecular formula is C17H14FNO3. The molecule has 0 fully saturated rings. The van der Waals surface area contributed by atoms with Crippen molar-refractivity contribution >= 4 is 22.6 Å². The first-order valence-electron chi connectivity index (χ1n) is 6.82. The smallest absolute Gasteiger partial charge is 0.234 e. The van der Waals surface area contributed by atoms with E-state index in [0.29, 0.717) is 11.3 Å². The molecule has 0 aliphatic carbocycles. The summed E-state index contributed by atoms with van der Waals surface area (Å²) in [5.41, 5.74) is 0.721. The molecule has 4 nitrogen and oxygen atoms in total. The second-order valence-electron chi connectivity index (χ2n) is 5.06. The van der Waals surface area contributed by atoms with Gasteiger partial charge in [0, 0.05) is 11.5 Å². The predicted octanol–water partition coefficient (Wildman–Crippen LogP) is 4.02. The second-order valence-corrected chi connectivity index (χ2v) is 5.06. The Morgan fingerprint density at radius 3 is 2.73 bits per heavy atom. The van der Waals surface area contributed by atoms with E-state index in [1.54, 1.807) is 13.0 Å². The van der Waals surface area contributed by atoms with Crippen molar-refractivity contribution in [1.82, 2.24) is 0 Å². The van der Waals surface area contributed by atoms with E-state index in [1.807, 2.05) is 24.3 Å². The Hall–Kier alpha value is -2.82. The average Bonchev–Trinajstić information content (AvgIpc) is 2.93. The maximum atomic E-state index is 13.6. The Labute approximate surface area is 126 Å². The number of amides is 1. The summed E-state index contributed by atoms with van der Waals surface area (Å²) in [7, 11) is 0. The summed E-state index contributed by atoms with van der Waals surface area (Å²) in [5, 5.41) is 12.6. The van der Waals surface area contributed by atoms with Crippen LogP contribution in [0.25, 0.3) is 11.0 Å². The van der Waals surface area contributed by atoms with E-state index in [9.17, 15) is 14.3 Å². The number of para-hydroxylation sites is 1. The van der Waals surface area contributed by atoms with Gasteiger partial charge in [-0.05, 0) is 31.2 Å². The van der Waals surface area contributed by atoms with Crippen molar-refractivity contribution in [3.8, 4) is 5.75 Å². The molecule has 1 unspecified atom stereocenters. The highest BCUT2D eigenvalue weighted by atomic mass is 19.1. The van der Waals surface area contributed by atoms with Gasteiger partial charge in [0.2, 0.25) is 5.91 Å². The molecule has 0 aliphatic heterocycles. The quantitative estimate of drug-likeness (QED) is 0.718. The third-order valence-corrected chi connectivity index (χ3v) is 3.48. The number of hydrogen-bond donors (Lipinski definition) is 2. The fourth-order valence-electron chi connectivity index (χ4n) is 2.19. The van der Waals surface area contributed by atoms with Gasteiger partial charge in [-0.15, -0.1) is 0 Å². The van der Waals surface area contributed by atoms with Crippen LogP contribution in [0.15, 0.2) is 52.9 Å². The van der Waals surface area contributed by atoms with Gasteiger partial charge in [-0.1, -0.05) is 18.2 Å². The van der Waals surface area contributed by atoms with Crippen molar-refractivity contribution < 1.29 is 18.7 Å². The molecule has 0 saturated heterocycles. The van der Waals surface area contributed by atoms with E-state index < -0.39 is 11.7 Å². The minimum atomic E-state index is -0.690. The van der Waals surface area contributed by atoms with E-state index in [2.05, 4.69) is 5.32 Å². The molecule has 2 N–H and O–H groups in total. The van der Waals surface area contributed by atoms with E-state index in [1.165, 1.54) is 12.1 Å². The third kappa shape index (κ3) is 2.65. The highest BCUT2D eigenvalue weighted by molar-refractivity contribution is 5.96. The Balaban J connectivity index is 1.81. The summed E-state index contributed by atoms with van der Waals surface area (Å²) >= 11 is 0. The maximum absolute atomic E-state index is 13.6. The number of rotatable bonds is 3. The highest BCUT2D eigenvalue weighted by Gasteiger charge is 2.20. The zero-order valence-corrected chi connectivity index (χ0v) is 11.8. The van der Waals surface area contributed by atoms with E-state index in [4.69, 9.17) is 4.42 Å². The fourth-order valence-corrected chi connectivity index (χ4v) is 2.19. The van der Waals surface area contributed by atoms with Crippen molar-refractivity contribution in [3.05, 3.63) is 60.1 Å². The van der Waals surface area contributed by atoms with Crippen LogP contribution in [-0.2, 0) is 4.79 Å². The number of furan rings is 1. The number of halogens is 1. The average molecular weight is 299 g/mol. The van der Waals surface area contributed by atoms with Crippen LogP contribution in [0.5, 0.6) is 5.75 Å². The van der Waals surface area contributed by atoms with Gasteiger partial charge >= 0.3 is 0 Å². The van der Waals surface area contributed by atoms with Crippen LogP contribution in [-0.4, -0.2) is 11.0 Å². The van der Waals surface area contributed by atoms with Gasteiger partial charge < -0.3 is 14.8 Å². The van der Waals surface area contributed by atoms with Crippen LogP contribution in [0, 0.1) is 5.82 Å². The molecule has 0 saturated carbocycles. The van der Waals surface area contributed by atoms with Crippen LogP contribution in [0.1, 0.15) is 18.6 Å². The number of phenols is 1. The molecule has 3 rings (SSSR count). The lowest BCUT2D eigenvalue weighted by Crippen LogP contribution is -2.19. The minimum Gasteiger partial charge on any atom is -0.508 e. The molecular weight excluding hydrogens is 285 g/mol. The van der Waals surface area contributed by atoms with Gasteiger partial charge in [-0.2, -0.15) is 0 Å². The summed E-state index contributed by atoms with van der Waals surface area (Å²) < 4.78 is 19.3. The van der Waals surface area contributed by atoms with Crippen molar-refractivity contribution in [2.45, 2.75) is 12.8 Å². The number of hydrogen-bond acceptors (Lipinski definition) is 3. The number of benzene rings is 2. The van der Waals surface area contributed by atoms with Crippen molar-refractivity contribution in [2.24, 2.45) is 0 Å². The summed E-state index contributed by atoms with van der Waals surface area (Å²) in [4.78, 5) is 12.2. The van der Waals surface area contributed by atoms with Crippen LogP contribution in [0.3, 0.4) is 0 Å². The second kappa shape index (κ2) is 5.52. The Morgan fingerprint density at radius 1 is 1.23 bits per heavy atom. The van der Waals surface area contributed by atoms with Crippen LogP contribution >= 0.6 is 0 Å². The van der Waals surface area contributed by atoms with Crippen LogP contribution in [0.2, 0.25) is 0 Å². The van der Waals surface area contributed by atoms with E-state index in [0.717, 1.165) is 11.5 Å². The van der Waals surface area contributed by atoms with Gasteiger partial charge in [0.1, 0.15) is 22.9 Å². The van der Waals surface area contributed by atoms with Gasteiger partial charge in [0.25, 0.3) is 0 Å². The largest absolute Gasteiger partial charge is 0.508 e. The maximum Gasteiger partial charge on any atom is 0.234 e. The van der Waals surface area contributed by atoms with Crippen LogP contribution in [0.4, 0.5) is 10.1 Å². The Bertz CT molecular complexity index is 808. The van der Waals surface area contributed by atoms with Crippen molar-refractivity contribution in [2.75, 3.05) is 5.32 Å². The van der Waals surface area contributed by atoms with Crippen LogP contribution < -0.4 is 5.32 Å². The van der Waals surface area contributed by atoms with Gasteiger partial charge in [0.05, 0.1) is 11.6 Å². The molecule has 0 aliphatic rings. The Kier molecular flexibility index (Phi) is 3.55. The lowest BCUT2D eigenvalue weighted by Gasteiger charge is -2.10. The molecule has 3 aromatic rings. The standard InChI is InChI=1S/C17H14FNO3/c1-10(16-8-11-4-2-3-5-15(11)22-16)17(21)19-14-7-6-12(20)9-13(14)18/h2-10,20H,1H3,(H,19,21). The molecule has 112 valence electrons. The number of fused-ring (bicyclic) bond motifs is 1. The lowest BCUT2D eigenvalue weighted by atomic mass is 10.1. The molecule has 0 spiro atoms. The summed E-state index contributed by atoms with van der Waals surface area (Å²) in [6.45, 7) is 1.69. The van der Waals surface area contributed by atoms with Gasteiger partial charge in [-0.25, -0.2) is 4.39 Å². The zero-order chi connectivity index (χ0) is 15.7. The van der Waals surface area contributed by atoms with E-state index >= 15 is 0 Å². The number of aromatic hydroxyl groups is 1. The first-order valence-corrected chi connectivity index (χ1v) is 6.82. The monoisotopic (exact) mass is 299 g/mol. The molecule has 2 aromatic carbocycles. The summed E-state index contributed by atoms with van der Waals surface area (Å²) in [6, 6.07) is 12.8. The van der Waals surface area contributed by atoms with Gasteiger partial charge in [-0.3, -0.25) is 4.79 Å². The predicted molar refractivity (Wildman–Crippen MR) is 81.3 cm³/mol. The molecule has 1 amide bonds. The first-order chi connectivity index (χ1) is 10.5. The normalized spacial score (nSPS) is 12.3. The van der Waals surface area contributed by atoms with Crippen molar-refractivity contribution in [1.29, 1.82) is 0 Å². The molecule has 1 aromatic heterocycles. The molecule has 5 heteroatoms. The molecule has 1 heterocycles. The highest BCUT2D eigenvalue weighted by Crippen LogP contribution is 2.27. The zero-order valence-electron chi connectivity index (χ0n) is 11.8. The number of carbonyl (C=O) groups is 1. The number of phenolic OH excluding ortho intramolecular Hbond substituents is 1. The van der Waals surface area contributed by atoms with Crippen molar-refractivity contribution in [3.63, 3.8) is 0 Å². The fraction of sp³-hybridized carbons (Fsp3) is 0.118. The third-order valence-electron chi connectivity index (χ3n) is 3.48. The number of carbonyl (C=O) groups excluding carboxylic acids is 1. The van der Waals surface area contributed by atoms with E-state index in [-0.39, 0.29) is 17.3 Å². The molecule has 1 atom stereocenters. The molecule has 0 bridgehead atoms. The molecule has 0 radical (unpaired) electrons. The first kappa shape index (κ1) is 14.1. The number of nitrogens with one attached hydrogen (secondary N) is 1. The topological polar surface area (TPSA) is 62.5 Å². The Morgan fingerprint density at radius 2 is 2.00 bits per heavy atom. The minimum absolute atomic E-state index is 0.0192.